The van der Waals surface area contributed by atoms with Crippen LogP contribution in [0.25, 0.3) is 11.1 Å². The zero-order chi connectivity index (χ0) is 39.6. The Balaban J connectivity index is 0.000000403. The fourth-order valence-corrected chi connectivity index (χ4v) is 6.16. The minimum Gasteiger partial charge on any atom is -0.466 e. The summed E-state index contributed by atoms with van der Waals surface area (Å²) in [5, 5.41) is 13.4. The predicted molar refractivity (Wildman–Crippen MR) is 208 cm³/mol. The normalized spacial score (nSPS) is 11.8. The lowest BCUT2D eigenvalue weighted by molar-refractivity contribution is -0.274. The van der Waals surface area contributed by atoms with Gasteiger partial charge in [-0.15, -0.1) is 13.2 Å². The van der Waals surface area contributed by atoms with E-state index >= 15 is 0 Å². The van der Waals surface area contributed by atoms with E-state index in [0.29, 0.717) is 12.2 Å². The Bertz CT molecular complexity index is 1670. The number of ether oxygens (including phenoxy) is 2. The number of carbonyl (C=O) groups excluding carboxylic acids is 2. The van der Waals surface area contributed by atoms with E-state index in [0.717, 1.165) is 29.7 Å². The van der Waals surface area contributed by atoms with Gasteiger partial charge in [0.1, 0.15) is 5.75 Å². The monoisotopic (exact) mass is 736 g/mol. The number of hydrogen-bond donors (Lipinski definition) is 3. The summed E-state index contributed by atoms with van der Waals surface area (Å²) in [5.74, 6) is -0.697. The zero-order valence-corrected chi connectivity index (χ0v) is 32.2. The number of nitrogens with one attached hydrogen (secondary N) is 2. The molecule has 0 saturated carbocycles. The average molecular weight is 737 g/mol. The largest absolute Gasteiger partial charge is 0.573 e. The van der Waals surface area contributed by atoms with Gasteiger partial charge >= 0.3 is 12.3 Å². The van der Waals surface area contributed by atoms with Gasteiger partial charge < -0.3 is 25.2 Å². The molecule has 0 aliphatic heterocycles. The molecule has 0 aliphatic rings. The van der Waals surface area contributed by atoms with Crippen LogP contribution in [0.4, 0.5) is 18.9 Å². The summed E-state index contributed by atoms with van der Waals surface area (Å²) >= 11 is 0. The molecule has 0 unspecified atom stereocenters. The molecule has 2 atom stereocenters. The van der Waals surface area contributed by atoms with Gasteiger partial charge in [0.2, 0.25) is 0 Å². The molecule has 0 fully saturated rings. The first kappa shape index (κ1) is 44.3. The molecule has 7 nitrogen and oxygen atoms in total. The maximum Gasteiger partial charge on any atom is 0.573 e. The fourth-order valence-electron chi connectivity index (χ4n) is 6.16. The number of alkyl halides is 3. The van der Waals surface area contributed by atoms with E-state index in [9.17, 15) is 22.8 Å². The smallest absolute Gasteiger partial charge is 0.466 e. The molecule has 0 radical (unpaired) electrons. The Morgan fingerprint density at radius 1 is 0.830 bits per heavy atom. The van der Waals surface area contributed by atoms with Crippen LogP contribution in [0.15, 0.2) is 84.9 Å². The van der Waals surface area contributed by atoms with E-state index in [1.807, 2.05) is 26.1 Å². The summed E-state index contributed by atoms with van der Waals surface area (Å²) in [7, 11) is 1.94. The Hall–Kier alpha value is -4.83. The Morgan fingerprint density at radius 2 is 1.38 bits per heavy atom. The summed E-state index contributed by atoms with van der Waals surface area (Å²) in [6, 6.07) is 26.3. The first-order valence-corrected chi connectivity index (χ1v) is 18.0. The third-order valence-electron chi connectivity index (χ3n) is 8.50. The molecule has 4 aromatic rings. The van der Waals surface area contributed by atoms with Crippen molar-refractivity contribution >= 4 is 17.6 Å². The molecule has 1 amide bonds. The van der Waals surface area contributed by atoms with Crippen LogP contribution < -0.4 is 15.4 Å². The Morgan fingerprint density at radius 3 is 1.87 bits per heavy atom. The van der Waals surface area contributed by atoms with Crippen molar-refractivity contribution in [3.05, 3.63) is 118 Å². The molecular weight excluding hydrogens is 681 g/mol. The Kier molecular flexibility index (Phi) is 18.6. The molecule has 3 N–H and O–H groups in total. The molecule has 288 valence electrons. The van der Waals surface area contributed by atoms with Crippen LogP contribution in [0.1, 0.15) is 97.0 Å². The van der Waals surface area contributed by atoms with Crippen molar-refractivity contribution in [2.45, 2.75) is 85.9 Å². The third kappa shape index (κ3) is 15.0. The summed E-state index contributed by atoms with van der Waals surface area (Å²) in [5.41, 5.74) is 10.3. The highest BCUT2D eigenvalue weighted by Crippen LogP contribution is 2.37. The molecule has 0 saturated heterocycles. The second-order valence-electron chi connectivity index (χ2n) is 12.7. The molecule has 0 aromatic heterocycles. The number of amides is 1. The van der Waals surface area contributed by atoms with Gasteiger partial charge in [0, 0.05) is 31.5 Å². The van der Waals surface area contributed by atoms with Gasteiger partial charge in [-0.05, 0) is 123 Å². The van der Waals surface area contributed by atoms with E-state index in [-0.39, 0.29) is 49.0 Å². The van der Waals surface area contributed by atoms with Crippen molar-refractivity contribution in [1.82, 2.24) is 5.32 Å². The lowest BCUT2D eigenvalue weighted by Gasteiger charge is -2.25. The molecule has 0 heterocycles. The molecule has 4 rings (SSSR count). The first-order chi connectivity index (χ1) is 25.2. The summed E-state index contributed by atoms with van der Waals surface area (Å²) in [6.45, 7) is 14.8. The van der Waals surface area contributed by atoms with Crippen LogP contribution in [0.2, 0.25) is 0 Å². The lowest BCUT2D eigenvalue weighted by atomic mass is 9.80. The predicted octanol–water partition coefficient (Wildman–Crippen LogP) is 10.3. The van der Waals surface area contributed by atoms with Crippen molar-refractivity contribution in [2.24, 2.45) is 0 Å². The molecule has 0 spiro atoms. The van der Waals surface area contributed by atoms with E-state index in [2.05, 4.69) is 79.5 Å². The van der Waals surface area contributed by atoms with E-state index < -0.39 is 6.36 Å². The average Bonchev–Trinajstić information content (AvgIpc) is 3.11. The van der Waals surface area contributed by atoms with Crippen molar-refractivity contribution in [3.63, 3.8) is 0 Å². The van der Waals surface area contributed by atoms with Gasteiger partial charge in [0.15, 0.2) is 0 Å². The second-order valence-corrected chi connectivity index (χ2v) is 12.7. The second kappa shape index (κ2) is 22.3. The van der Waals surface area contributed by atoms with Crippen LogP contribution in [0.3, 0.4) is 0 Å². The lowest BCUT2D eigenvalue weighted by Crippen LogP contribution is -2.26. The molecule has 4 aromatic carbocycles. The van der Waals surface area contributed by atoms with Crippen molar-refractivity contribution in [1.29, 1.82) is 0 Å². The number of aryl methyl sites for hydroxylation is 3. The number of rotatable bonds is 13. The minimum absolute atomic E-state index is 0.0501. The van der Waals surface area contributed by atoms with Crippen LogP contribution >= 0.6 is 0 Å². The number of aliphatic hydroxyl groups excluding tert-OH is 1. The SMILES string of the molecule is CCC[C@@H](c1ccc(C(=O)NCCC(=O)OCC)cc1)[C@H](C)c1ccc(OC(F)(F)F)cc1.CCO.CNc1ccc(-c2c(C)cc(C)cc2C)cc1. The summed E-state index contributed by atoms with van der Waals surface area (Å²) in [6.07, 6.45) is -2.79. The van der Waals surface area contributed by atoms with Gasteiger partial charge in [-0.25, -0.2) is 0 Å². The van der Waals surface area contributed by atoms with Crippen LogP contribution in [-0.2, 0) is 9.53 Å². The van der Waals surface area contributed by atoms with Crippen molar-refractivity contribution in [3.8, 4) is 16.9 Å². The van der Waals surface area contributed by atoms with Crippen LogP contribution in [0, 0.1) is 20.8 Å². The molecule has 53 heavy (non-hydrogen) atoms. The highest BCUT2D eigenvalue weighted by Gasteiger charge is 2.31. The number of benzene rings is 4. The van der Waals surface area contributed by atoms with Gasteiger partial charge in [-0.1, -0.05) is 74.4 Å². The summed E-state index contributed by atoms with van der Waals surface area (Å²) < 4.78 is 46.0. The number of aliphatic hydroxyl groups is 1. The molecule has 0 bridgehead atoms. The van der Waals surface area contributed by atoms with E-state index in [1.54, 1.807) is 38.1 Å². The van der Waals surface area contributed by atoms with Crippen molar-refractivity contribution < 1.29 is 37.3 Å². The quantitative estimate of drug-likeness (QED) is 0.118. The highest BCUT2D eigenvalue weighted by molar-refractivity contribution is 5.94. The fraction of sp³-hybridized carbons (Fsp3) is 0.395. The minimum atomic E-state index is -4.72. The zero-order valence-electron chi connectivity index (χ0n) is 32.2. The van der Waals surface area contributed by atoms with Crippen LogP contribution in [0.5, 0.6) is 5.75 Å². The van der Waals surface area contributed by atoms with Gasteiger partial charge in [-0.2, -0.15) is 0 Å². The van der Waals surface area contributed by atoms with Crippen molar-refractivity contribution in [2.75, 3.05) is 32.1 Å². The number of halogens is 3. The summed E-state index contributed by atoms with van der Waals surface area (Å²) in [4.78, 5) is 23.7. The highest BCUT2D eigenvalue weighted by atomic mass is 19.4. The maximum atomic E-state index is 12.4. The number of esters is 1. The van der Waals surface area contributed by atoms with E-state index in [4.69, 9.17) is 9.84 Å². The van der Waals surface area contributed by atoms with Gasteiger partial charge in [-0.3, -0.25) is 9.59 Å². The molecular formula is C43H55F3N2O5. The van der Waals surface area contributed by atoms with Gasteiger partial charge in [0.05, 0.1) is 13.0 Å². The number of hydrogen-bond acceptors (Lipinski definition) is 6. The first-order valence-electron chi connectivity index (χ1n) is 18.0. The Labute approximate surface area is 312 Å². The van der Waals surface area contributed by atoms with Gasteiger partial charge in [0.25, 0.3) is 5.91 Å². The molecule has 0 aliphatic carbocycles. The standard InChI is InChI=1S/C25H30F3NO4.C16H19N.C2H6O/c1-4-6-22(17(3)18-11-13-21(14-12-18)33-25(26,27)28)19-7-9-20(10-8-19)24(31)29-16-15-23(30)32-5-2;1-11-9-12(2)16(13(3)10-11)14-5-7-15(17-4)8-6-14;1-2-3/h7-14,17,22H,4-6,15-16H2,1-3H3,(H,29,31);5-10,17H,1-4H3;3H,2H2,1H3/t17-,22-;;/m1../s1. The topological polar surface area (TPSA) is 96.9 Å². The number of carbonyl (C=O) groups is 2. The third-order valence-corrected chi connectivity index (χ3v) is 8.50. The van der Waals surface area contributed by atoms with E-state index in [1.165, 1.54) is 39.9 Å². The maximum absolute atomic E-state index is 12.4. The van der Waals surface area contributed by atoms with Crippen LogP contribution in [-0.4, -0.2) is 50.2 Å². The number of anilines is 1. The molecule has 10 heteroatoms.